The van der Waals surface area contributed by atoms with E-state index in [1.807, 2.05) is 6.07 Å². The van der Waals surface area contributed by atoms with E-state index in [1.54, 1.807) is 24.3 Å². The fourth-order valence-corrected chi connectivity index (χ4v) is 3.78. The van der Waals surface area contributed by atoms with Crippen LogP contribution in [0.15, 0.2) is 42.5 Å². The van der Waals surface area contributed by atoms with Crippen LogP contribution in [0.2, 0.25) is 0 Å². The molecule has 1 saturated heterocycles. The standard InChI is InChI=1S/C22H17F3N8O/c23-22(24,25)15-3-1-2-14-17(15)30-21(29-16-11-27-8-9-28-20(16)34)33-19(14)31-18(32-33)13-6-4-12(10-26)5-7-13/h1-7,16,27H,8-9,11H2,(H,28,34)(H,29,30)/t16-/m1/s1. The number of para-hydroxylation sites is 1. The largest absolute Gasteiger partial charge is 0.418 e. The molecule has 12 heteroatoms. The van der Waals surface area contributed by atoms with Crippen molar-refractivity contribution in [1.82, 2.24) is 30.2 Å². The van der Waals surface area contributed by atoms with Crippen LogP contribution >= 0.6 is 0 Å². The molecule has 0 bridgehead atoms. The number of fused-ring (bicyclic) bond motifs is 3. The quantitative estimate of drug-likeness (QED) is 0.424. The average molecular weight is 466 g/mol. The number of rotatable bonds is 3. The van der Waals surface area contributed by atoms with Crippen LogP contribution in [0.3, 0.4) is 0 Å². The summed E-state index contributed by atoms with van der Waals surface area (Å²) < 4.78 is 42.6. The predicted octanol–water partition coefficient (Wildman–Crippen LogP) is 2.33. The first-order valence-electron chi connectivity index (χ1n) is 10.4. The second kappa shape index (κ2) is 8.27. The molecule has 0 saturated carbocycles. The van der Waals surface area contributed by atoms with E-state index in [4.69, 9.17) is 5.26 Å². The molecule has 5 rings (SSSR count). The van der Waals surface area contributed by atoms with Crippen molar-refractivity contribution in [3.05, 3.63) is 53.6 Å². The van der Waals surface area contributed by atoms with Crippen molar-refractivity contribution in [2.75, 3.05) is 25.0 Å². The van der Waals surface area contributed by atoms with Crippen molar-refractivity contribution in [3.8, 4) is 17.5 Å². The highest BCUT2D eigenvalue weighted by Crippen LogP contribution is 2.36. The molecular formula is C22H17F3N8O. The number of alkyl halides is 3. The molecule has 4 aromatic rings. The van der Waals surface area contributed by atoms with Crippen LogP contribution in [0, 0.1) is 11.3 Å². The summed E-state index contributed by atoms with van der Waals surface area (Å²) >= 11 is 0. The van der Waals surface area contributed by atoms with Crippen LogP contribution in [-0.4, -0.2) is 51.2 Å². The number of halogens is 3. The number of nitrogens with zero attached hydrogens (tertiary/aromatic N) is 5. The Morgan fingerprint density at radius 3 is 2.65 bits per heavy atom. The van der Waals surface area contributed by atoms with Gasteiger partial charge in [0.1, 0.15) is 6.04 Å². The number of anilines is 1. The molecule has 2 aromatic carbocycles. The highest BCUT2D eigenvalue weighted by atomic mass is 19.4. The zero-order valence-corrected chi connectivity index (χ0v) is 17.5. The Labute approximate surface area is 190 Å². The summed E-state index contributed by atoms with van der Waals surface area (Å²) in [5.41, 5.74) is -0.0426. The summed E-state index contributed by atoms with van der Waals surface area (Å²) in [6.07, 6.45) is -4.64. The number of benzene rings is 2. The van der Waals surface area contributed by atoms with Gasteiger partial charge in [-0.25, -0.2) is 9.97 Å². The zero-order chi connectivity index (χ0) is 23.9. The van der Waals surface area contributed by atoms with E-state index in [1.165, 1.54) is 16.6 Å². The van der Waals surface area contributed by atoms with Crippen molar-refractivity contribution in [3.63, 3.8) is 0 Å². The molecule has 0 aliphatic carbocycles. The molecule has 3 heterocycles. The van der Waals surface area contributed by atoms with Crippen LogP contribution in [0.1, 0.15) is 11.1 Å². The van der Waals surface area contributed by atoms with E-state index in [0.29, 0.717) is 24.2 Å². The van der Waals surface area contributed by atoms with E-state index in [-0.39, 0.29) is 40.8 Å². The maximum Gasteiger partial charge on any atom is 0.418 e. The lowest BCUT2D eigenvalue weighted by molar-refractivity contribution is -0.136. The molecule has 1 aliphatic heterocycles. The Balaban J connectivity index is 1.72. The number of carbonyl (C=O) groups excluding carboxylic acids is 1. The Morgan fingerprint density at radius 2 is 1.91 bits per heavy atom. The second-order valence-electron chi connectivity index (χ2n) is 7.69. The molecule has 0 unspecified atom stereocenters. The molecule has 1 atom stereocenters. The maximum atomic E-state index is 13.8. The van der Waals surface area contributed by atoms with Gasteiger partial charge in [0.05, 0.1) is 22.7 Å². The first-order chi connectivity index (χ1) is 16.3. The summed E-state index contributed by atoms with van der Waals surface area (Å²) in [7, 11) is 0. The topological polar surface area (TPSA) is 120 Å². The van der Waals surface area contributed by atoms with Gasteiger partial charge in [0, 0.05) is 30.6 Å². The van der Waals surface area contributed by atoms with Gasteiger partial charge in [-0.05, 0) is 36.4 Å². The Kier molecular flexibility index (Phi) is 5.25. The lowest BCUT2D eigenvalue weighted by Crippen LogP contribution is -2.42. The summed E-state index contributed by atoms with van der Waals surface area (Å²) in [5, 5.41) is 22.4. The van der Waals surface area contributed by atoms with Crippen molar-refractivity contribution in [2.45, 2.75) is 12.2 Å². The molecule has 9 nitrogen and oxygen atoms in total. The third-order valence-electron chi connectivity index (χ3n) is 5.45. The molecule has 0 spiro atoms. The average Bonchev–Trinajstić information content (AvgIpc) is 3.18. The maximum absolute atomic E-state index is 13.8. The van der Waals surface area contributed by atoms with E-state index in [0.717, 1.165) is 6.07 Å². The summed E-state index contributed by atoms with van der Waals surface area (Å²) in [5.74, 6) is -0.116. The molecule has 1 fully saturated rings. The van der Waals surface area contributed by atoms with Gasteiger partial charge in [-0.1, -0.05) is 6.07 Å². The Hall–Kier alpha value is -4.24. The lowest BCUT2D eigenvalue weighted by atomic mass is 10.1. The van der Waals surface area contributed by atoms with Crippen molar-refractivity contribution in [1.29, 1.82) is 5.26 Å². The van der Waals surface area contributed by atoms with Crippen LogP contribution in [0.25, 0.3) is 27.9 Å². The fraction of sp³-hybridized carbons (Fsp3) is 0.227. The molecular weight excluding hydrogens is 449 g/mol. The Bertz CT molecular complexity index is 1440. The molecule has 34 heavy (non-hydrogen) atoms. The molecule has 0 radical (unpaired) electrons. The number of hydrogen-bond acceptors (Lipinski definition) is 7. The van der Waals surface area contributed by atoms with Crippen LogP contribution in [-0.2, 0) is 11.0 Å². The SMILES string of the molecule is N#Cc1ccc(-c2nc3c4cccc(C(F)(F)F)c4nc(N[C@@H]4CNCCNC4=O)n3n2)cc1. The van der Waals surface area contributed by atoms with Gasteiger partial charge in [-0.2, -0.15) is 22.9 Å². The van der Waals surface area contributed by atoms with Gasteiger partial charge in [0.25, 0.3) is 0 Å². The van der Waals surface area contributed by atoms with Gasteiger partial charge in [0.15, 0.2) is 11.5 Å². The third kappa shape index (κ3) is 3.86. The molecule has 172 valence electrons. The highest BCUT2D eigenvalue weighted by Gasteiger charge is 2.34. The minimum atomic E-state index is -4.64. The molecule has 3 N–H and O–H groups in total. The number of amides is 1. The minimum Gasteiger partial charge on any atom is -0.353 e. The first kappa shape index (κ1) is 21.6. The van der Waals surface area contributed by atoms with Gasteiger partial charge >= 0.3 is 6.18 Å². The number of hydrogen-bond donors (Lipinski definition) is 3. The summed E-state index contributed by atoms with van der Waals surface area (Å²) in [6.45, 7) is 1.25. The van der Waals surface area contributed by atoms with Crippen molar-refractivity contribution < 1.29 is 18.0 Å². The second-order valence-corrected chi connectivity index (χ2v) is 7.69. The molecule has 1 aliphatic rings. The van der Waals surface area contributed by atoms with E-state index in [2.05, 4.69) is 31.0 Å². The third-order valence-corrected chi connectivity index (χ3v) is 5.45. The summed E-state index contributed by atoms with van der Waals surface area (Å²) in [4.78, 5) is 21.2. The highest BCUT2D eigenvalue weighted by molar-refractivity contribution is 5.95. The fourth-order valence-electron chi connectivity index (χ4n) is 3.78. The lowest BCUT2D eigenvalue weighted by Gasteiger charge is -2.17. The zero-order valence-electron chi connectivity index (χ0n) is 17.5. The first-order valence-corrected chi connectivity index (χ1v) is 10.4. The van der Waals surface area contributed by atoms with E-state index >= 15 is 0 Å². The number of nitrogens with one attached hydrogen (secondary N) is 3. The van der Waals surface area contributed by atoms with Crippen LogP contribution in [0.4, 0.5) is 19.1 Å². The number of nitriles is 1. The number of carbonyl (C=O) groups is 1. The van der Waals surface area contributed by atoms with Gasteiger partial charge < -0.3 is 16.0 Å². The van der Waals surface area contributed by atoms with E-state index in [9.17, 15) is 18.0 Å². The van der Waals surface area contributed by atoms with Crippen molar-refractivity contribution >= 4 is 28.4 Å². The van der Waals surface area contributed by atoms with E-state index < -0.39 is 17.8 Å². The normalized spacial score (nSPS) is 16.8. The van der Waals surface area contributed by atoms with Crippen LogP contribution in [0.5, 0.6) is 0 Å². The van der Waals surface area contributed by atoms with Gasteiger partial charge in [-0.3, -0.25) is 4.79 Å². The van der Waals surface area contributed by atoms with Crippen molar-refractivity contribution in [2.24, 2.45) is 0 Å². The van der Waals surface area contributed by atoms with Gasteiger partial charge in [-0.15, -0.1) is 5.10 Å². The smallest absolute Gasteiger partial charge is 0.353 e. The Morgan fingerprint density at radius 1 is 1.12 bits per heavy atom. The predicted molar refractivity (Wildman–Crippen MR) is 117 cm³/mol. The molecule has 1 amide bonds. The number of aromatic nitrogens is 4. The minimum absolute atomic E-state index is 0.0459. The van der Waals surface area contributed by atoms with Gasteiger partial charge in [0.2, 0.25) is 11.9 Å². The monoisotopic (exact) mass is 466 g/mol. The molecule has 2 aromatic heterocycles. The van der Waals surface area contributed by atoms with Crippen LogP contribution < -0.4 is 16.0 Å². The summed E-state index contributed by atoms with van der Waals surface area (Å²) in [6, 6.07) is 11.5.